The Morgan fingerprint density at radius 1 is 1.12 bits per heavy atom. The molecule has 0 radical (unpaired) electrons. The first kappa shape index (κ1) is 17.8. The lowest BCUT2D eigenvalue weighted by molar-refractivity contribution is -0.119. The van der Waals surface area contributed by atoms with Gasteiger partial charge in [-0.3, -0.25) is 4.79 Å². The predicted molar refractivity (Wildman–Crippen MR) is 94.7 cm³/mol. The van der Waals surface area contributed by atoms with E-state index < -0.39 is 29.1 Å². The number of nitrogens with one attached hydrogen (secondary N) is 3. The molecule has 0 saturated carbocycles. The summed E-state index contributed by atoms with van der Waals surface area (Å²) in [5, 5.41) is 7.87. The van der Waals surface area contributed by atoms with Crippen molar-refractivity contribution >= 4 is 23.3 Å². The fourth-order valence-electron chi connectivity index (χ4n) is 3.12. The molecule has 0 bridgehead atoms. The van der Waals surface area contributed by atoms with Crippen molar-refractivity contribution in [3.63, 3.8) is 0 Å². The van der Waals surface area contributed by atoms with Gasteiger partial charge in [0.25, 0.3) is 0 Å². The van der Waals surface area contributed by atoms with Crippen LogP contribution < -0.4 is 16.0 Å². The minimum absolute atomic E-state index is 0.137. The van der Waals surface area contributed by atoms with Crippen molar-refractivity contribution in [3.8, 4) is 0 Å². The van der Waals surface area contributed by atoms with Gasteiger partial charge in [0.05, 0.1) is 6.04 Å². The van der Waals surface area contributed by atoms with Crippen LogP contribution in [-0.2, 0) is 4.79 Å². The Morgan fingerprint density at radius 2 is 1.81 bits per heavy atom. The normalized spacial score (nSPS) is 18.3. The third-order valence-electron chi connectivity index (χ3n) is 4.35. The lowest BCUT2D eigenvalue weighted by Crippen LogP contribution is -2.26. The molecule has 1 fully saturated rings. The Morgan fingerprint density at radius 3 is 2.42 bits per heavy atom. The van der Waals surface area contributed by atoms with E-state index in [1.165, 1.54) is 36.4 Å². The molecule has 1 unspecified atom stereocenters. The number of amides is 3. The molecule has 1 saturated heterocycles. The molecular weight excluding hydrogens is 340 g/mol. The summed E-state index contributed by atoms with van der Waals surface area (Å²) in [6.45, 7) is 3.76. The van der Waals surface area contributed by atoms with Crippen molar-refractivity contribution < 1.29 is 18.4 Å². The number of rotatable bonds is 3. The molecule has 0 aromatic heterocycles. The quantitative estimate of drug-likeness (QED) is 0.769. The minimum atomic E-state index is -0.581. The molecule has 3 rings (SSSR count). The van der Waals surface area contributed by atoms with E-state index >= 15 is 0 Å². The van der Waals surface area contributed by atoms with Crippen LogP contribution in [0.25, 0.3) is 0 Å². The van der Waals surface area contributed by atoms with Gasteiger partial charge in [-0.25, -0.2) is 13.6 Å². The molecule has 0 spiro atoms. The van der Waals surface area contributed by atoms with E-state index in [2.05, 4.69) is 16.0 Å². The highest BCUT2D eigenvalue weighted by Gasteiger charge is 2.41. The average molecular weight is 359 g/mol. The molecule has 2 aromatic rings. The van der Waals surface area contributed by atoms with E-state index in [0.717, 1.165) is 0 Å². The first-order chi connectivity index (χ1) is 12.2. The fourth-order valence-corrected chi connectivity index (χ4v) is 3.12. The molecule has 0 aliphatic carbocycles. The highest BCUT2D eigenvalue weighted by Crippen LogP contribution is 2.42. The number of benzene rings is 2. The van der Waals surface area contributed by atoms with Gasteiger partial charge in [0, 0.05) is 23.4 Å². The predicted octanol–water partition coefficient (Wildman–Crippen LogP) is 4.20. The van der Waals surface area contributed by atoms with Crippen LogP contribution in [-0.4, -0.2) is 11.9 Å². The summed E-state index contributed by atoms with van der Waals surface area (Å²) in [7, 11) is 0. The smallest absolute Gasteiger partial charge is 0.323 e. The van der Waals surface area contributed by atoms with E-state index in [0.29, 0.717) is 23.4 Å². The Hall–Kier alpha value is -2.96. The van der Waals surface area contributed by atoms with Crippen LogP contribution in [0.5, 0.6) is 0 Å². The molecule has 1 heterocycles. The van der Waals surface area contributed by atoms with Crippen molar-refractivity contribution in [2.24, 2.45) is 5.41 Å². The molecule has 1 aliphatic heterocycles. The van der Waals surface area contributed by atoms with Crippen LogP contribution in [0.1, 0.15) is 31.9 Å². The third-order valence-corrected chi connectivity index (χ3v) is 4.35. The van der Waals surface area contributed by atoms with Crippen molar-refractivity contribution in [3.05, 3.63) is 59.7 Å². The van der Waals surface area contributed by atoms with Gasteiger partial charge in [-0.2, -0.15) is 0 Å². The number of anilines is 2. The zero-order valence-corrected chi connectivity index (χ0v) is 14.4. The topological polar surface area (TPSA) is 70.2 Å². The van der Waals surface area contributed by atoms with Crippen LogP contribution in [0, 0.1) is 17.0 Å². The lowest BCUT2D eigenvalue weighted by atomic mass is 9.81. The van der Waals surface area contributed by atoms with Crippen LogP contribution in [0.4, 0.5) is 25.0 Å². The maximum Gasteiger partial charge on any atom is 0.323 e. The van der Waals surface area contributed by atoms with Crippen molar-refractivity contribution in [2.75, 3.05) is 10.6 Å². The van der Waals surface area contributed by atoms with Gasteiger partial charge in [0.15, 0.2) is 0 Å². The standard InChI is InChI=1S/C19H19F2N3O2/c1-19(2)10-16(25)24-17(19)14-9-13(6-7-15(14)21)23-18(26)22-12-5-3-4-11(20)8-12/h3-9,17H,10H2,1-2H3,(H,24,25)(H2,22,23,26). The maximum absolute atomic E-state index is 14.3. The molecular formula is C19H19F2N3O2. The first-order valence-corrected chi connectivity index (χ1v) is 8.17. The number of hydrogen-bond acceptors (Lipinski definition) is 2. The van der Waals surface area contributed by atoms with E-state index in [1.54, 1.807) is 6.07 Å². The van der Waals surface area contributed by atoms with E-state index in [9.17, 15) is 18.4 Å². The number of hydrogen-bond donors (Lipinski definition) is 3. The highest BCUT2D eigenvalue weighted by atomic mass is 19.1. The lowest BCUT2D eigenvalue weighted by Gasteiger charge is -2.26. The second-order valence-corrected chi connectivity index (χ2v) is 6.99. The largest absolute Gasteiger partial charge is 0.349 e. The zero-order chi connectivity index (χ0) is 18.9. The summed E-state index contributed by atoms with van der Waals surface area (Å²) in [5.74, 6) is -1.06. The van der Waals surface area contributed by atoms with Crippen LogP contribution in [0.3, 0.4) is 0 Å². The van der Waals surface area contributed by atoms with E-state index in [1.807, 2.05) is 13.8 Å². The molecule has 1 aliphatic rings. The van der Waals surface area contributed by atoms with E-state index in [4.69, 9.17) is 0 Å². The summed E-state index contributed by atoms with van der Waals surface area (Å²) in [6, 6.07) is 8.59. The molecule has 2 aromatic carbocycles. The summed E-state index contributed by atoms with van der Waals surface area (Å²) in [6.07, 6.45) is 0.300. The Labute approximate surface area is 149 Å². The Kier molecular flexibility index (Phi) is 4.63. The van der Waals surface area contributed by atoms with Gasteiger partial charge < -0.3 is 16.0 Å². The molecule has 136 valence electrons. The van der Waals surface area contributed by atoms with Crippen LogP contribution in [0.2, 0.25) is 0 Å². The molecule has 5 nitrogen and oxygen atoms in total. The molecule has 26 heavy (non-hydrogen) atoms. The number of urea groups is 1. The molecule has 3 amide bonds. The maximum atomic E-state index is 14.3. The van der Waals surface area contributed by atoms with Crippen LogP contribution >= 0.6 is 0 Å². The number of carbonyl (C=O) groups is 2. The van der Waals surface area contributed by atoms with Gasteiger partial charge in [0.1, 0.15) is 11.6 Å². The van der Waals surface area contributed by atoms with Crippen molar-refractivity contribution in [1.29, 1.82) is 0 Å². The molecule has 1 atom stereocenters. The minimum Gasteiger partial charge on any atom is -0.349 e. The second kappa shape index (κ2) is 6.74. The third kappa shape index (κ3) is 3.82. The summed E-state index contributed by atoms with van der Waals surface area (Å²) in [4.78, 5) is 23.8. The Bertz CT molecular complexity index is 868. The van der Waals surface area contributed by atoms with Gasteiger partial charge in [0.2, 0.25) is 5.91 Å². The summed E-state index contributed by atoms with van der Waals surface area (Å²) >= 11 is 0. The van der Waals surface area contributed by atoms with Crippen molar-refractivity contribution in [2.45, 2.75) is 26.3 Å². The highest BCUT2D eigenvalue weighted by molar-refractivity contribution is 5.99. The first-order valence-electron chi connectivity index (χ1n) is 8.17. The number of halogens is 2. The summed E-state index contributed by atoms with van der Waals surface area (Å²) in [5.41, 5.74) is 0.533. The second-order valence-electron chi connectivity index (χ2n) is 6.99. The number of carbonyl (C=O) groups excluding carboxylic acids is 2. The van der Waals surface area contributed by atoms with Crippen LogP contribution in [0.15, 0.2) is 42.5 Å². The molecule has 3 N–H and O–H groups in total. The van der Waals surface area contributed by atoms with Crippen molar-refractivity contribution in [1.82, 2.24) is 5.32 Å². The zero-order valence-electron chi connectivity index (χ0n) is 14.4. The monoisotopic (exact) mass is 359 g/mol. The molecule has 7 heteroatoms. The van der Waals surface area contributed by atoms with E-state index in [-0.39, 0.29) is 5.91 Å². The SMILES string of the molecule is CC1(C)CC(=O)NC1c1cc(NC(=O)Nc2cccc(F)c2)ccc1F. The fraction of sp³-hybridized carbons (Fsp3) is 0.263. The van der Waals surface area contributed by atoms with Gasteiger partial charge in [-0.1, -0.05) is 19.9 Å². The van der Waals surface area contributed by atoms with Gasteiger partial charge in [-0.05, 0) is 41.8 Å². The van der Waals surface area contributed by atoms with Gasteiger partial charge in [-0.15, -0.1) is 0 Å². The average Bonchev–Trinajstić information content (AvgIpc) is 2.81. The summed E-state index contributed by atoms with van der Waals surface area (Å²) < 4.78 is 27.5. The Balaban J connectivity index is 1.77. The van der Waals surface area contributed by atoms with Gasteiger partial charge >= 0.3 is 6.03 Å².